The van der Waals surface area contributed by atoms with Crippen molar-refractivity contribution in [3.8, 4) is 22.6 Å². The van der Waals surface area contributed by atoms with E-state index in [0.29, 0.717) is 23.5 Å². The molecule has 1 N–H and O–H groups in total. The lowest BCUT2D eigenvalue weighted by atomic mass is 10.1. The molecular weight excluding hydrogens is 514 g/mol. The van der Waals surface area contributed by atoms with Gasteiger partial charge in [0.2, 0.25) is 0 Å². The van der Waals surface area contributed by atoms with Crippen LogP contribution < -0.4 is 10.9 Å². The van der Waals surface area contributed by atoms with Crippen molar-refractivity contribution < 1.29 is 13.6 Å². The number of carbonyl (C=O) groups excluding carboxylic acids is 1. The standard InChI is InChI=1S/C30H30F2N6O2/c31-25-15-23(16-26(32)17-25)27-8-9-28(39)38(36-27)20-21-6-5-7-22(14-21)29-34-18-24(19-35-29)30(40)33-10-1-2-11-37-12-3-4-13-37/h5-9,14-19H,1-4,10-13,20H2,(H,33,40). The SMILES string of the molecule is O=C(NCCCCN1CCCC1)c1cnc(-c2cccc(Cn3nc(-c4cc(F)cc(F)c4)ccc3=O)c2)nc1. The van der Waals surface area contributed by atoms with Crippen LogP contribution in [0.4, 0.5) is 8.78 Å². The monoisotopic (exact) mass is 544 g/mol. The number of nitrogens with one attached hydrogen (secondary N) is 1. The summed E-state index contributed by atoms with van der Waals surface area (Å²) in [6.45, 7) is 4.19. The van der Waals surface area contributed by atoms with Crippen molar-refractivity contribution in [2.75, 3.05) is 26.2 Å². The van der Waals surface area contributed by atoms with Crippen LogP contribution in [-0.4, -0.2) is 56.7 Å². The zero-order chi connectivity index (χ0) is 27.9. The molecule has 0 bridgehead atoms. The van der Waals surface area contributed by atoms with E-state index in [1.165, 1.54) is 55.1 Å². The molecule has 1 aliphatic heterocycles. The minimum absolute atomic E-state index is 0.135. The summed E-state index contributed by atoms with van der Waals surface area (Å²) >= 11 is 0. The van der Waals surface area contributed by atoms with Crippen molar-refractivity contribution in [1.82, 2.24) is 30.0 Å². The van der Waals surface area contributed by atoms with Gasteiger partial charge in [-0.1, -0.05) is 18.2 Å². The van der Waals surface area contributed by atoms with E-state index in [1.54, 1.807) is 0 Å². The average Bonchev–Trinajstić information content (AvgIpc) is 3.47. The first-order valence-electron chi connectivity index (χ1n) is 13.4. The molecule has 0 radical (unpaired) electrons. The number of unbranched alkanes of at least 4 members (excludes halogenated alkanes) is 1. The van der Waals surface area contributed by atoms with Gasteiger partial charge in [-0.25, -0.2) is 23.4 Å². The summed E-state index contributed by atoms with van der Waals surface area (Å²) in [6, 6.07) is 13.2. The van der Waals surface area contributed by atoms with Crippen molar-refractivity contribution in [2.45, 2.75) is 32.2 Å². The summed E-state index contributed by atoms with van der Waals surface area (Å²) < 4.78 is 28.6. The summed E-state index contributed by atoms with van der Waals surface area (Å²) in [4.78, 5) is 36.1. The maximum Gasteiger partial charge on any atom is 0.267 e. The molecule has 2 aromatic carbocycles. The van der Waals surface area contributed by atoms with Crippen LogP contribution in [0.25, 0.3) is 22.6 Å². The van der Waals surface area contributed by atoms with Crippen LogP contribution in [0.5, 0.6) is 0 Å². The number of hydrogen-bond donors (Lipinski definition) is 1. The lowest BCUT2D eigenvalue weighted by Gasteiger charge is -2.14. The van der Waals surface area contributed by atoms with E-state index in [9.17, 15) is 18.4 Å². The number of nitrogens with zero attached hydrogens (tertiary/aromatic N) is 5. The van der Waals surface area contributed by atoms with Gasteiger partial charge in [0.05, 0.1) is 17.8 Å². The normalized spacial score (nSPS) is 13.4. The molecule has 1 saturated heterocycles. The van der Waals surface area contributed by atoms with E-state index in [0.717, 1.165) is 43.1 Å². The predicted octanol–water partition coefficient (Wildman–Crippen LogP) is 4.30. The molecule has 40 heavy (non-hydrogen) atoms. The van der Waals surface area contributed by atoms with Crippen LogP contribution in [0.15, 0.2) is 71.8 Å². The first-order valence-corrected chi connectivity index (χ1v) is 13.4. The Morgan fingerprint density at radius 3 is 2.40 bits per heavy atom. The highest BCUT2D eigenvalue weighted by atomic mass is 19.1. The second kappa shape index (κ2) is 12.7. The zero-order valence-electron chi connectivity index (χ0n) is 22.0. The van der Waals surface area contributed by atoms with E-state index >= 15 is 0 Å². The number of amides is 1. The van der Waals surface area contributed by atoms with Gasteiger partial charge >= 0.3 is 0 Å². The summed E-state index contributed by atoms with van der Waals surface area (Å²) in [7, 11) is 0. The Kier molecular flexibility index (Phi) is 8.65. The fourth-order valence-corrected chi connectivity index (χ4v) is 4.76. The van der Waals surface area contributed by atoms with Gasteiger partial charge in [-0.3, -0.25) is 9.59 Å². The molecule has 3 heterocycles. The fourth-order valence-electron chi connectivity index (χ4n) is 4.76. The van der Waals surface area contributed by atoms with Crippen molar-refractivity contribution in [1.29, 1.82) is 0 Å². The molecule has 2 aromatic heterocycles. The Morgan fingerprint density at radius 2 is 1.65 bits per heavy atom. The number of rotatable bonds is 10. The average molecular weight is 545 g/mol. The van der Waals surface area contributed by atoms with Crippen molar-refractivity contribution in [3.05, 3.63) is 100 Å². The first kappa shape index (κ1) is 27.3. The third-order valence-corrected chi connectivity index (χ3v) is 6.84. The van der Waals surface area contributed by atoms with E-state index in [1.807, 2.05) is 24.3 Å². The molecule has 5 rings (SSSR count). The number of aromatic nitrogens is 4. The zero-order valence-corrected chi connectivity index (χ0v) is 22.0. The summed E-state index contributed by atoms with van der Waals surface area (Å²) in [5.41, 5.74) is 2.02. The Bertz CT molecular complexity index is 1510. The third-order valence-electron chi connectivity index (χ3n) is 6.84. The van der Waals surface area contributed by atoms with Crippen LogP contribution in [-0.2, 0) is 6.54 Å². The number of carbonyl (C=O) groups is 1. The molecule has 0 atom stereocenters. The summed E-state index contributed by atoms with van der Waals surface area (Å²) in [6.07, 6.45) is 7.55. The number of halogens is 2. The van der Waals surface area contributed by atoms with Gasteiger partial charge < -0.3 is 10.2 Å². The molecule has 1 fully saturated rings. The van der Waals surface area contributed by atoms with Gasteiger partial charge in [0.1, 0.15) is 11.6 Å². The van der Waals surface area contributed by atoms with Gasteiger partial charge in [0.25, 0.3) is 11.5 Å². The Labute approximate surface area is 230 Å². The van der Waals surface area contributed by atoms with E-state index < -0.39 is 11.6 Å². The molecule has 0 unspecified atom stereocenters. The quantitative estimate of drug-likeness (QED) is 0.299. The summed E-state index contributed by atoms with van der Waals surface area (Å²) in [5, 5.41) is 7.23. The Morgan fingerprint density at radius 1 is 0.900 bits per heavy atom. The molecule has 1 amide bonds. The van der Waals surface area contributed by atoms with E-state index in [4.69, 9.17) is 0 Å². The molecule has 0 aliphatic carbocycles. The largest absolute Gasteiger partial charge is 0.352 e. The Balaban J connectivity index is 1.21. The smallest absolute Gasteiger partial charge is 0.267 e. The second-order valence-electron chi connectivity index (χ2n) is 9.88. The maximum absolute atomic E-state index is 13.7. The minimum atomic E-state index is -0.723. The van der Waals surface area contributed by atoms with Gasteiger partial charge in [-0.15, -0.1) is 0 Å². The predicted molar refractivity (Wildman–Crippen MR) is 148 cm³/mol. The molecule has 1 aliphatic rings. The highest BCUT2D eigenvalue weighted by Crippen LogP contribution is 2.20. The van der Waals surface area contributed by atoms with Crippen molar-refractivity contribution in [3.63, 3.8) is 0 Å². The van der Waals surface area contributed by atoms with Gasteiger partial charge in [0, 0.05) is 42.2 Å². The highest BCUT2D eigenvalue weighted by molar-refractivity contribution is 5.93. The van der Waals surface area contributed by atoms with Crippen LogP contribution in [0.2, 0.25) is 0 Å². The van der Waals surface area contributed by atoms with Crippen LogP contribution in [0.3, 0.4) is 0 Å². The molecule has 0 spiro atoms. The van der Waals surface area contributed by atoms with Gasteiger partial charge in [-0.05, 0) is 75.1 Å². The lowest BCUT2D eigenvalue weighted by Crippen LogP contribution is -2.26. The molecule has 8 nitrogen and oxygen atoms in total. The molecule has 206 valence electrons. The van der Waals surface area contributed by atoms with Crippen LogP contribution in [0, 0.1) is 11.6 Å². The van der Waals surface area contributed by atoms with Gasteiger partial charge in [0.15, 0.2) is 5.82 Å². The Hall–Kier alpha value is -4.31. The highest BCUT2D eigenvalue weighted by Gasteiger charge is 2.12. The first-order chi connectivity index (χ1) is 19.4. The van der Waals surface area contributed by atoms with E-state index in [2.05, 4.69) is 25.3 Å². The van der Waals surface area contributed by atoms with Crippen molar-refractivity contribution in [2.24, 2.45) is 0 Å². The second-order valence-corrected chi connectivity index (χ2v) is 9.88. The topological polar surface area (TPSA) is 93.0 Å². The molecule has 10 heteroatoms. The number of hydrogen-bond acceptors (Lipinski definition) is 6. The van der Waals surface area contributed by atoms with Crippen LogP contribution >= 0.6 is 0 Å². The van der Waals surface area contributed by atoms with Crippen molar-refractivity contribution >= 4 is 5.91 Å². The molecule has 0 saturated carbocycles. The lowest BCUT2D eigenvalue weighted by molar-refractivity contribution is 0.0952. The van der Waals surface area contributed by atoms with Gasteiger partial charge in [-0.2, -0.15) is 5.10 Å². The number of likely N-dealkylation sites (tertiary alicyclic amines) is 1. The maximum atomic E-state index is 13.7. The molecule has 4 aromatic rings. The van der Waals surface area contributed by atoms with E-state index in [-0.39, 0.29) is 29.3 Å². The number of benzene rings is 2. The minimum Gasteiger partial charge on any atom is -0.352 e. The molecular formula is C30H30F2N6O2. The third kappa shape index (κ3) is 7.01. The fraction of sp³-hybridized carbons (Fsp3) is 0.300. The summed E-state index contributed by atoms with van der Waals surface area (Å²) in [5.74, 6) is -1.21. The van der Waals surface area contributed by atoms with Crippen LogP contribution in [0.1, 0.15) is 41.6 Å².